The van der Waals surface area contributed by atoms with Crippen molar-refractivity contribution in [3.05, 3.63) is 83.4 Å². The van der Waals surface area contributed by atoms with Crippen molar-refractivity contribution in [3.63, 3.8) is 0 Å². The Hall–Kier alpha value is -4.00. The molecular formula is C24H23N5O2. The van der Waals surface area contributed by atoms with Crippen molar-refractivity contribution in [3.8, 4) is 11.6 Å². The summed E-state index contributed by atoms with van der Waals surface area (Å²) in [5, 5.41) is 5.04. The topological polar surface area (TPSA) is 81.4 Å². The van der Waals surface area contributed by atoms with Gasteiger partial charge in [-0.1, -0.05) is 18.2 Å². The number of hydrogen-bond acceptors (Lipinski definition) is 5. The van der Waals surface area contributed by atoms with Crippen LogP contribution in [0.25, 0.3) is 16.7 Å². The minimum Gasteiger partial charge on any atom is -0.481 e. The van der Waals surface area contributed by atoms with E-state index < -0.39 is 0 Å². The number of amides is 1. The molecule has 4 rings (SSSR count). The molecule has 3 aromatic heterocycles. The van der Waals surface area contributed by atoms with Crippen molar-refractivity contribution in [2.24, 2.45) is 5.10 Å². The summed E-state index contributed by atoms with van der Waals surface area (Å²) in [4.78, 5) is 20.9. The largest absolute Gasteiger partial charge is 0.481 e. The first kappa shape index (κ1) is 20.3. The van der Waals surface area contributed by atoms with Crippen molar-refractivity contribution in [1.29, 1.82) is 0 Å². The second-order valence-corrected chi connectivity index (χ2v) is 7.27. The van der Waals surface area contributed by atoms with E-state index in [1.165, 1.54) is 0 Å². The molecule has 0 saturated carbocycles. The third kappa shape index (κ3) is 4.45. The first-order valence-electron chi connectivity index (χ1n) is 9.93. The molecule has 0 radical (unpaired) electrons. The highest BCUT2D eigenvalue weighted by Gasteiger charge is 2.11. The average Bonchev–Trinajstić information content (AvgIpc) is 3.05. The SMILES string of the molecule is Cc1ccnc(-n2c(C)cc(/C=N\NC(=O)COc3cccc4cccnc34)c2C)c1. The molecule has 0 bridgehead atoms. The van der Waals surface area contributed by atoms with Crippen LogP contribution in [0.5, 0.6) is 5.75 Å². The Kier molecular flexibility index (Phi) is 5.75. The fraction of sp³-hybridized carbons (Fsp3) is 0.167. The Balaban J connectivity index is 1.41. The normalized spacial score (nSPS) is 11.2. The van der Waals surface area contributed by atoms with E-state index in [1.807, 2.05) is 63.2 Å². The smallest absolute Gasteiger partial charge is 0.277 e. The standard InChI is InChI=1S/C24H23N5O2/c1-16-9-11-25-22(12-16)29-17(2)13-20(18(29)3)14-27-28-23(30)15-31-21-8-4-6-19-7-5-10-26-24(19)21/h4-14H,15H2,1-3H3,(H,28,30)/b27-14-. The maximum absolute atomic E-state index is 12.2. The lowest BCUT2D eigenvalue weighted by Crippen LogP contribution is -2.24. The van der Waals surface area contributed by atoms with Gasteiger partial charge in [-0.05, 0) is 56.7 Å². The van der Waals surface area contributed by atoms with Crippen LogP contribution in [-0.4, -0.2) is 33.3 Å². The number of benzene rings is 1. The summed E-state index contributed by atoms with van der Waals surface area (Å²) in [5.74, 6) is 1.07. The summed E-state index contributed by atoms with van der Waals surface area (Å²) >= 11 is 0. The summed E-state index contributed by atoms with van der Waals surface area (Å²) in [6.45, 7) is 5.89. The predicted octanol–water partition coefficient (Wildman–Crippen LogP) is 3.87. The molecule has 0 atom stereocenters. The molecule has 1 N–H and O–H groups in total. The first-order valence-corrected chi connectivity index (χ1v) is 9.93. The van der Waals surface area contributed by atoms with Crippen LogP contribution >= 0.6 is 0 Å². The molecular weight excluding hydrogens is 390 g/mol. The second kappa shape index (κ2) is 8.79. The van der Waals surface area contributed by atoms with Gasteiger partial charge in [-0.3, -0.25) is 9.78 Å². The molecule has 3 heterocycles. The average molecular weight is 413 g/mol. The summed E-state index contributed by atoms with van der Waals surface area (Å²) in [5.41, 5.74) is 7.31. The quantitative estimate of drug-likeness (QED) is 0.384. The van der Waals surface area contributed by atoms with Crippen molar-refractivity contribution in [2.75, 3.05) is 6.61 Å². The monoisotopic (exact) mass is 413 g/mol. The van der Waals surface area contributed by atoms with Gasteiger partial charge >= 0.3 is 0 Å². The summed E-state index contributed by atoms with van der Waals surface area (Å²) in [7, 11) is 0. The van der Waals surface area contributed by atoms with Crippen LogP contribution in [0.4, 0.5) is 0 Å². The number of aromatic nitrogens is 3. The zero-order valence-electron chi connectivity index (χ0n) is 17.7. The van der Waals surface area contributed by atoms with E-state index in [2.05, 4.69) is 25.1 Å². The highest BCUT2D eigenvalue weighted by atomic mass is 16.5. The molecule has 0 fully saturated rings. The molecule has 0 spiro atoms. The zero-order valence-corrected chi connectivity index (χ0v) is 17.7. The summed E-state index contributed by atoms with van der Waals surface area (Å²) in [6, 6.07) is 15.4. The lowest BCUT2D eigenvalue weighted by atomic mass is 10.2. The predicted molar refractivity (Wildman–Crippen MR) is 121 cm³/mol. The van der Waals surface area contributed by atoms with E-state index in [-0.39, 0.29) is 12.5 Å². The lowest BCUT2D eigenvalue weighted by Gasteiger charge is -2.09. The van der Waals surface area contributed by atoms with E-state index >= 15 is 0 Å². The van der Waals surface area contributed by atoms with Gasteiger partial charge in [-0.15, -0.1) is 0 Å². The molecule has 1 amide bonds. The van der Waals surface area contributed by atoms with Crippen molar-refractivity contribution < 1.29 is 9.53 Å². The molecule has 0 saturated heterocycles. The molecule has 7 heteroatoms. The van der Waals surface area contributed by atoms with Crippen LogP contribution in [0.15, 0.2) is 66.0 Å². The van der Waals surface area contributed by atoms with Gasteiger partial charge in [0.2, 0.25) is 0 Å². The molecule has 0 aliphatic rings. The van der Waals surface area contributed by atoms with Gasteiger partial charge in [-0.25, -0.2) is 10.4 Å². The number of aryl methyl sites for hydroxylation is 2. The number of carbonyl (C=O) groups excluding carboxylic acids is 1. The Morgan fingerprint density at radius 3 is 2.77 bits per heavy atom. The van der Waals surface area contributed by atoms with Crippen molar-refractivity contribution >= 4 is 23.0 Å². The number of pyridine rings is 2. The van der Waals surface area contributed by atoms with Gasteiger partial charge in [-0.2, -0.15) is 5.10 Å². The fourth-order valence-corrected chi connectivity index (χ4v) is 3.46. The first-order chi connectivity index (χ1) is 15.0. The molecule has 7 nitrogen and oxygen atoms in total. The van der Waals surface area contributed by atoms with E-state index in [4.69, 9.17) is 4.74 Å². The number of nitrogens with one attached hydrogen (secondary N) is 1. The van der Waals surface area contributed by atoms with Crippen molar-refractivity contribution in [1.82, 2.24) is 20.0 Å². The third-order valence-corrected chi connectivity index (χ3v) is 4.95. The van der Waals surface area contributed by atoms with Crippen LogP contribution in [0.3, 0.4) is 0 Å². The maximum atomic E-state index is 12.2. The molecule has 0 unspecified atom stereocenters. The van der Waals surface area contributed by atoms with Crippen LogP contribution in [0.1, 0.15) is 22.5 Å². The van der Waals surface area contributed by atoms with Crippen LogP contribution in [0.2, 0.25) is 0 Å². The van der Waals surface area contributed by atoms with E-state index in [1.54, 1.807) is 24.7 Å². The number of hydrazone groups is 1. The van der Waals surface area contributed by atoms with E-state index in [0.29, 0.717) is 5.75 Å². The number of fused-ring (bicyclic) bond motifs is 1. The van der Waals surface area contributed by atoms with Crippen molar-refractivity contribution in [2.45, 2.75) is 20.8 Å². The van der Waals surface area contributed by atoms with Gasteiger partial charge in [0, 0.05) is 34.7 Å². The highest BCUT2D eigenvalue weighted by Crippen LogP contribution is 2.22. The molecule has 4 aromatic rings. The number of ether oxygens (including phenoxy) is 1. The lowest BCUT2D eigenvalue weighted by molar-refractivity contribution is -0.123. The zero-order chi connectivity index (χ0) is 21.8. The minimum absolute atomic E-state index is 0.154. The van der Waals surface area contributed by atoms with Gasteiger partial charge in [0.15, 0.2) is 6.61 Å². The van der Waals surface area contributed by atoms with Crippen LogP contribution in [-0.2, 0) is 4.79 Å². The second-order valence-electron chi connectivity index (χ2n) is 7.27. The number of rotatable bonds is 6. The molecule has 1 aromatic carbocycles. The molecule has 156 valence electrons. The molecule has 31 heavy (non-hydrogen) atoms. The fourth-order valence-electron chi connectivity index (χ4n) is 3.46. The Morgan fingerprint density at radius 2 is 1.94 bits per heavy atom. The minimum atomic E-state index is -0.349. The van der Waals surface area contributed by atoms with Gasteiger partial charge in [0.25, 0.3) is 5.91 Å². The van der Waals surface area contributed by atoms with Gasteiger partial charge in [0.05, 0.1) is 6.21 Å². The Bertz CT molecular complexity index is 1270. The number of carbonyl (C=O) groups is 1. The van der Waals surface area contributed by atoms with Gasteiger partial charge in [0.1, 0.15) is 17.1 Å². The Morgan fingerprint density at radius 1 is 1.10 bits per heavy atom. The Labute approximate surface area is 180 Å². The van der Waals surface area contributed by atoms with Crippen LogP contribution in [0, 0.1) is 20.8 Å². The third-order valence-electron chi connectivity index (χ3n) is 4.95. The summed E-state index contributed by atoms with van der Waals surface area (Å²) in [6.07, 6.45) is 5.12. The molecule has 0 aliphatic heterocycles. The number of para-hydroxylation sites is 1. The van der Waals surface area contributed by atoms with Crippen LogP contribution < -0.4 is 10.2 Å². The molecule has 0 aliphatic carbocycles. The summed E-state index contributed by atoms with van der Waals surface area (Å²) < 4.78 is 7.70. The van der Waals surface area contributed by atoms with Gasteiger partial charge < -0.3 is 9.30 Å². The maximum Gasteiger partial charge on any atom is 0.277 e. The number of hydrogen-bond donors (Lipinski definition) is 1. The highest BCUT2D eigenvalue weighted by molar-refractivity contribution is 5.86. The number of nitrogens with zero attached hydrogens (tertiary/aromatic N) is 4. The van der Waals surface area contributed by atoms with E-state index in [9.17, 15) is 4.79 Å². The van der Waals surface area contributed by atoms with E-state index in [0.717, 1.165) is 39.2 Å².